The molecule has 0 saturated heterocycles. The quantitative estimate of drug-likeness (QED) is 0.690. The molecule has 0 aliphatic heterocycles. The second-order valence-corrected chi connectivity index (χ2v) is 5.23. The summed E-state index contributed by atoms with van der Waals surface area (Å²) in [7, 11) is 0. The molecular weight excluding hydrogens is 254 g/mol. The first-order chi connectivity index (χ1) is 7.31. The van der Waals surface area contributed by atoms with E-state index in [1.807, 2.05) is 0 Å². The number of hydrogen-bond acceptors (Lipinski definition) is 2. The molecule has 1 unspecified atom stereocenters. The molecule has 1 saturated carbocycles. The van der Waals surface area contributed by atoms with E-state index in [1.54, 1.807) is 0 Å². The average Bonchev–Trinajstić information content (AvgIpc) is 2.19. The second-order valence-electron chi connectivity index (χ2n) is 4.59. The average molecular weight is 278 g/mol. The van der Waals surface area contributed by atoms with Crippen LogP contribution in [0.25, 0.3) is 0 Å². The van der Waals surface area contributed by atoms with Gasteiger partial charge in [0.1, 0.15) is 0 Å². The SMILES string of the molecule is CCC(CBr)CN(CCCO)C1CCC1. The number of nitrogens with zero attached hydrogens (tertiary/aromatic N) is 1. The molecule has 0 radical (unpaired) electrons. The van der Waals surface area contributed by atoms with Crippen molar-refractivity contribution in [1.82, 2.24) is 4.90 Å². The first-order valence-electron chi connectivity index (χ1n) is 6.22. The van der Waals surface area contributed by atoms with Crippen LogP contribution in [-0.4, -0.2) is 41.1 Å². The summed E-state index contributed by atoms with van der Waals surface area (Å²) < 4.78 is 0. The van der Waals surface area contributed by atoms with Crippen LogP contribution in [0, 0.1) is 5.92 Å². The van der Waals surface area contributed by atoms with Gasteiger partial charge in [0, 0.05) is 31.1 Å². The number of aliphatic hydroxyl groups is 1. The molecule has 1 fully saturated rings. The molecule has 0 spiro atoms. The van der Waals surface area contributed by atoms with Crippen LogP contribution < -0.4 is 0 Å². The minimum absolute atomic E-state index is 0.328. The molecule has 1 aliphatic carbocycles. The maximum atomic E-state index is 8.90. The van der Waals surface area contributed by atoms with Gasteiger partial charge in [-0.05, 0) is 25.2 Å². The summed E-state index contributed by atoms with van der Waals surface area (Å²) in [6, 6.07) is 0.810. The van der Waals surface area contributed by atoms with E-state index in [-0.39, 0.29) is 0 Å². The summed E-state index contributed by atoms with van der Waals surface area (Å²) in [5.41, 5.74) is 0. The summed E-state index contributed by atoms with van der Waals surface area (Å²) >= 11 is 3.59. The third-order valence-corrected chi connectivity index (χ3v) is 4.40. The van der Waals surface area contributed by atoms with Crippen LogP contribution in [0.2, 0.25) is 0 Å². The van der Waals surface area contributed by atoms with E-state index in [0.717, 1.165) is 30.3 Å². The van der Waals surface area contributed by atoms with Crippen molar-refractivity contribution in [2.24, 2.45) is 5.92 Å². The summed E-state index contributed by atoms with van der Waals surface area (Å²) in [6.45, 7) is 4.86. The molecule has 1 N–H and O–H groups in total. The molecular formula is C12H24BrNO. The van der Waals surface area contributed by atoms with Gasteiger partial charge in [-0.1, -0.05) is 35.7 Å². The van der Waals surface area contributed by atoms with Crippen molar-refractivity contribution in [2.45, 2.75) is 45.1 Å². The molecule has 1 rings (SSSR count). The van der Waals surface area contributed by atoms with Crippen molar-refractivity contribution >= 4 is 15.9 Å². The first-order valence-corrected chi connectivity index (χ1v) is 7.34. The highest BCUT2D eigenvalue weighted by Gasteiger charge is 2.25. The summed E-state index contributed by atoms with van der Waals surface area (Å²) in [6.07, 6.45) is 6.29. The van der Waals surface area contributed by atoms with E-state index in [9.17, 15) is 0 Å². The van der Waals surface area contributed by atoms with Crippen molar-refractivity contribution in [1.29, 1.82) is 0 Å². The Morgan fingerprint density at radius 2 is 2.20 bits per heavy atom. The number of halogens is 1. The van der Waals surface area contributed by atoms with E-state index < -0.39 is 0 Å². The Kier molecular flexibility index (Phi) is 6.86. The molecule has 15 heavy (non-hydrogen) atoms. The van der Waals surface area contributed by atoms with E-state index in [0.29, 0.717) is 6.61 Å². The van der Waals surface area contributed by atoms with E-state index in [4.69, 9.17) is 5.11 Å². The summed E-state index contributed by atoms with van der Waals surface area (Å²) in [4.78, 5) is 2.59. The van der Waals surface area contributed by atoms with Gasteiger partial charge in [0.05, 0.1) is 0 Å². The van der Waals surface area contributed by atoms with Crippen molar-refractivity contribution < 1.29 is 5.11 Å². The molecule has 90 valence electrons. The third kappa shape index (κ3) is 4.41. The molecule has 0 aromatic rings. The lowest BCUT2D eigenvalue weighted by Gasteiger charge is -2.39. The van der Waals surface area contributed by atoms with Crippen LogP contribution in [-0.2, 0) is 0 Å². The van der Waals surface area contributed by atoms with Crippen LogP contribution in [0.3, 0.4) is 0 Å². The van der Waals surface area contributed by atoms with Crippen molar-refractivity contribution in [2.75, 3.05) is 25.0 Å². The van der Waals surface area contributed by atoms with E-state index in [1.165, 1.54) is 32.2 Å². The van der Waals surface area contributed by atoms with Crippen LogP contribution in [0.4, 0.5) is 0 Å². The molecule has 2 nitrogen and oxygen atoms in total. The van der Waals surface area contributed by atoms with Gasteiger partial charge in [-0.25, -0.2) is 0 Å². The standard InChI is InChI=1S/C12H24BrNO/c1-2-11(9-13)10-14(7-4-8-15)12-5-3-6-12/h11-12,15H,2-10H2,1H3. The lowest BCUT2D eigenvalue weighted by Crippen LogP contribution is -2.43. The zero-order chi connectivity index (χ0) is 11.1. The van der Waals surface area contributed by atoms with Gasteiger partial charge < -0.3 is 5.11 Å². The van der Waals surface area contributed by atoms with Gasteiger partial charge in [0.15, 0.2) is 0 Å². The van der Waals surface area contributed by atoms with Crippen LogP contribution in [0.1, 0.15) is 39.0 Å². The highest BCUT2D eigenvalue weighted by molar-refractivity contribution is 9.09. The number of alkyl halides is 1. The van der Waals surface area contributed by atoms with Crippen molar-refractivity contribution in [3.8, 4) is 0 Å². The number of aliphatic hydroxyl groups excluding tert-OH is 1. The molecule has 0 aromatic carbocycles. The highest BCUT2D eigenvalue weighted by atomic mass is 79.9. The maximum Gasteiger partial charge on any atom is 0.0443 e. The largest absolute Gasteiger partial charge is 0.396 e. The first kappa shape index (κ1) is 13.5. The van der Waals surface area contributed by atoms with Gasteiger partial charge >= 0.3 is 0 Å². The number of rotatable bonds is 8. The molecule has 0 heterocycles. The smallest absolute Gasteiger partial charge is 0.0443 e. The van der Waals surface area contributed by atoms with Crippen molar-refractivity contribution in [3.63, 3.8) is 0 Å². The van der Waals surface area contributed by atoms with Gasteiger partial charge in [0.25, 0.3) is 0 Å². The fourth-order valence-electron chi connectivity index (χ4n) is 2.07. The molecule has 3 heteroatoms. The summed E-state index contributed by atoms with van der Waals surface area (Å²) in [5, 5.41) is 10.0. The van der Waals surface area contributed by atoms with Crippen LogP contribution in [0.5, 0.6) is 0 Å². The Labute approximate surface area is 102 Å². The Bertz CT molecular complexity index is 158. The lowest BCUT2D eigenvalue weighted by molar-refractivity contribution is 0.101. The molecule has 1 atom stereocenters. The van der Waals surface area contributed by atoms with Crippen LogP contribution in [0.15, 0.2) is 0 Å². The van der Waals surface area contributed by atoms with E-state index in [2.05, 4.69) is 27.8 Å². The maximum absolute atomic E-state index is 8.90. The van der Waals surface area contributed by atoms with Crippen LogP contribution >= 0.6 is 15.9 Å². The zero-order valence-corrected chi connectivity index (χ0v) is 11.4. The van der Waals surface area contributed by atoms with Gasteiger partial charge in [-0.15, -0.1) is 0 Å². The monoisotopic (exact) mass is 277 g/mol. The highest BCUT2D eigenvalue weighted by Crippen LogP contribution is 2.26. The fourth-order valence-corrected chi connectivity index (χ4v) is 2.73. The summed E-state index contributed by atoms with van der Waals surface area (Å²) in [5.74, 6) is 0.768. The molecule has 0 amide bonds. The molecule has 1 aliphatic rings. The Balaban J connectivity index is 2.32. The minimum Gasteiger partial charge on any atom is -0.396 e. The fraction of sp³-hybridized carbons (Fsp3) is 1.00. The second kappa shape index (κ2) is 7.64. The zero-order valence-electron chi connectivity index (χ0n) is 9.79. The Morgan fingerprint density at radius 3 is 2.60 bits per heavy atom. The van der Waals surface area contributed by atoms with Gasteiger partial charge in [0.2, 0.25) is 0 Å². The minimum atomic E-state index is 0.328. The molecule has 0 aromatic heterocycles. The van der Waals surface area contributed by atoms with Crippen molar-refractivity contribution in [3.05, 3.63) is 0 Å². The normalized spacial score (nSPS) is 19.2. The Morgan fingerprint density at radius 1 is 1.47 bits per heavy atom. The molecule has 0 bridgehead atoms. The predicted octanol–water partition coefficient (Wildman–Crippen LogP) is 2.64. The topological polar surface area (TPSA) is 23.5 Å². The van der Waals surface area contributed by atoms with Gasteiger partial charge in [-0.2, -0.15) is 0 Å². The van der Waals surface area contributed by atoms with Gasteiger partial charge in [-0.3, -0.25) is 4.90 Å². The van der Waals surface area contributed by atoms with E-state index >= 15 is 0 Å². The predicted molar refractivity (Wildman–Crippen MR) is 68.5 cm³/mol. The third-order valence-electron chi connectivity index (χ3n) is 3.48. The lowest BCUT2D eigenvalue weighted by atomic mass is 9.90. The Hall–Kier alpha value is 0.400. The number of hydrogen-bond donors (Lipinski definition) is 1.